The van der Waals surface area contributed by atoms with Crippen LogP contribution in [-0.2, 0) is 14.3 Å². The number of amides is 1. The van der Waals surface area contributed by atoms with Gasteiger partial charge in [0.25, 0.3) is 11.7 Å². The van der Waals surface area contributed by atoms with Crippen LogP contribution in [0.2, 0.25) is 0 Å². The maximum atomic E-state index is 13.2. The van der Waals surface area contributed by atoms with Crippen LogP contribution < -0.4 is 14.2 Å². The lowest BCUT2D eigenvalue weighted by Gasteiger charge is -2.26. The molecule has 35 heavy (non-hydrogen) atoms. The molecule has 1 aliphatic rings. The van der Waals surface area contributed by atoms with E-state index in [2.05, 4.69) is 6.92 Å². The number of rotatable bonds is 12. The maximum Gasteiger partial charge on any atom is 0.295 e. The molecule has 8 nitrogen and oxygen atoms in total. The molecule has 0 spiro atoms. The number of hydrogen-bond acceptors (Lipinski definition) is 7. The number of likely N-dealkylation sites (tertiary alicyclic amines) is 1. The van der Waals surface area contributed by atoms with Gasteiger partial charge in [0.2, 0.25) is 0 Å². The zero-order valence-corrected chi connectivity index (χ0v) is 20.7. The second-order valence-electron chi connectivity index (χ2n) is 8.18. The van der Waals surface area contributed by atoms with Crippen molar-refractivity contribution >= 4 is 17.4 Å². The van der Waals surface area contributed by atoms with Gasteiger partial charge in [0.15, 0.2) is 11.5 Å². The largest absolute Gasteiger partial charge is 0.507 e. The molecule has 0 bridgehead atoms. The van der Waals surface area contributed by atoms with Crippen molar-refractivity contribution in [2.24, 2.45) is 0 Å². The third-order valence-corrected chi connectivity index (χ3v) is 5.89. The van der Waals surface area contributed by atoms with Gasteiger partial charge in [-0.3, -0.25) is 9.59 Å². The van der Waals surface area contributed by atoms with Crippen LogP contribution >= 0.6 is 0 Å². The van der Waals surface area contributed by atoms with Gasteiger partial charge >= 0.3 is 0 Å². The van der Waals surface area contributed by atoms with E-state index >= 15 is 0 Å². The average molecular weight is 484 g/mol. The Bertz CT molecular complexity index is 1080. The number of Topliss-reactive ketones (excluding diaryl/α,β-unsaturated/α-hetero) is 1. The Morgan fingerprint density at radius 1 is 0.971 bits per heavy atom. The first-order valence-electron chi connectivity index (χ1n) is 11.7. The van der Waals surface area contributed by atoms with E-state index in [4.69, 9.17) is 18.9 Å². The molecule has 0 aliphatic carbocycles. The number of ether oxygens (including phenoxy) is 4. The third-order valence-electron chi connectivity index (χ3n) is 5.89. The highest BCUT2D eigenvalue weighted by Crippen LogP contribution is 2.42. The number of hydrogen-bond donors (Lipinski definition) is 1. The lowest BCUT2D eigenvalue weighted by molar-refractivity contribution is -0.140. The molecule has 1 amide bonds. The Balaban J connectivity index is 2.10. The summed E-state index contributed by atoms with van der Waals surface area (Å²) in [6.45, 7) is 3.35. The molecule has 1 saturated heterocycles. The number of methoxy groups -OCH3 is 3. The van der Waals surface area contributed by atoms with Crippen LogP contribution in [0, 0.1) is 0 Å². The lowest BCUT2D eigenvalue weighted by atomic mass is 9.95. The topological polar surface area (TPSA) is 94.5 Å². The quantitative estimate of drug-likeness (QED) is 0.208. The van der Waals surface area contributed by atoms with Crippen molar-refractivity contribution in [2.45, 2.75) is 32.2 Å². The van der Waals surface area contributed by atoms with E-state index in [1.54, 1.807) is 49.6 Å². The number of ketones is 1. The molecule has 8 heteroatoms. The molecule has 188 valence electrons. The van der Waals surface area contributed by atoms with Gasteiger partial charge in [-0.2, -0.15) is 0 Å². The Kier molecular flexibility index (Phi) is 9.14. The summed E-state index contributed by atoms with van der Waals surface area (Å²) in [7, 11) is 4.64. The third kappa shape index (κ3) is 5.77. The van der Waals surface area contributed by atoms with Crippen molar-refractivity contribution < 1.29 is 33.6 Å². The molecule has 0 saturated carbocycles. The van der Waals surface area contributed by atoms with Crippen LogP contribution in [0.4, 0.5) is 0 Å². The smallest absolute Gasteiger partial charge is 0.295 e. The Hall–Kier alpha value is -3.52. The van der Waals surface area contributed by atoms with E-state index in [0.717, 1.165) is 12.8 Å². The maximum absolute atomic E-state index is 13.2. The Labute approximate surface area is 206 Å². The number of unbranched alkanes of at least 4 members (excludes halogenated alkanes) is 1. The standard InChI is InChI=1S/C27H33NO7/c1-5-6-15-35-21-12-11-18(17-22(21)34-4)24-23(25(29)19-9-7-10-20(16-19)33-3)26(30)27(31)28(24)13-8-14-32-2/h7,9-12,16-17,24,29H,5-6,8,13-15H2,1-4H3. The van der Waals surface area contributed by atoms with Crippen molar-refractivity contribution in [3.05, 3.63) is 59.2 Å². The number of aliphatic hydroxyl groups excluding tert-OH is 1. The minimum absolute atomic E-state index is 0.0161. The molecule has 0 aromatic heterocycles. The van der Waals surface area contributed by atoms with Crippen molar-refractivity contribution in [1.82, 2.24) is 4.90 Å². The number of benzene rings is 2. The fourth-order valence-corrected chi connectivity index (χ4v) is 4.06. The summed E-state index contributed by atoms with van der Waals surface area (Å²) in [5.74, 6) is -0.0806. The fourth-order valence-electron chi connectivity index (χ4n) is 4.06. The minimum Gasteiger partial charge on any atom is -0.507 e. The molecule has 1 aliphatic heterocycles. The highest BCUT2D eigenvalue weighted by Gasteiger charge is 2.46. The van der Waals surface area contributed by atoms with Gasteiger partial charge in [0, 0.05) is 25.8 Å². The fraction of sp³-hybridized carbons (Fsp3) is 0.407. The van der Waals surface area contributed by atoms with Crippen LogP contribution in [-0.4, -0.2) is 62.8 Å². The molecule has 2 aromatic rings. The van der Waals surface area contributed by atoms with E-state index in [1.165, 1.54) is 19.1 Å². The van der Waals surface area contributed by atoms with Gasteiger partial charge in [-0.25, -0.2) is 0 Å². The molecule has 1 fully saturated rings. The molecule has 0 radical (unpaired) electrons. The summed E-state index contributed by atoms with van der Waals surface area (Å²) in [5, 5.41) is 11.2. The predicted octanol–water partition coefficient (Wildman–Crippen LogP) is 4.34. The van der Waals surface area contributed by atoms with Gasteiger partial charge in [0.05, 0.1) is 32.4 Å². The monoisotopic (exact) mass is 483 g/mol. The van der Waals surface area contributed by atoms with E-state index in [0.29, 0.717) is 48.0 Å². The van der Waals surface area contributed by atoms with E-state index < -0.39 is 17.7 Å². The Morgan fingerprint density at radius 2 is 1.77 bits per heavy atom. The average Bonchev–Trinajstić information content (AvgIpc) is 3.13. The second kappa shape index (κ2) is 12.3. The first-order chi connectivity index (χ1) is 17.0. The van der Waals surface area contributed by atoms with Crippen molar-refractivity contribution in [3.63, 3.8) is 0 Å². The van der Waals surface area contributed by atoms with E-state index in [9.17, 15) is 14.7 Å². The Morgan fingerprint density at radius 3 is 2.46 bits per heavy atom. The predicted molar refractivity (Wildman–Crippen MR) is 132 cm³/mol. The summed E-state index contributed by atoms with van der Waals surface area (Å²) in [4.78, 5) is 27.7. The summed E-state index contributed by atoms with van der Waals surface area (Å²) >= 11 is 0. The van der Waals surface area contributed by atoms with Gasteiger partial charge in [-0.1, -0.05) is 31.5 Å². The number of nitrogens with zero attached hydrogens (tertiary/aromatic N) is 1. The minimum atomic E-state index is -0.795. The van der Waals surface area contributed by atoms with Crippen LogP contribution in [0.3, 0.4) is 0 Å². The molecule has 3 rings (SSSR count). The lowest BCUT2D eigenvalue weighted by Crippen LogP contribution is -2.31. The van der Waals surface area contributed by atoms with Crippen LogP contribution in [0.5, 0.6) is 17.2 Å². The molecular formula is C27H33NO7. The zero-order valence-electron chi connectivity index (χ0n) is 20.7. The second-order valence-corrected chi connectivity index (χ2v) is 8.18. The molecular weight excluding hydrogens is 450 g/mol. The van der Waals surface area contributed by atoms with Gasteiger partial charge < -0.3 is 29.0 Å². The highest BCUT2D eigenvalue weighted by atomic mass is 16.5. The first-order valence-corrected chi connectivity index (χ1v) is 11.7. The zero-order chi connectivity index (χ0) is 25.4. The molecule has 1 unspecified atom stereocenters. The summed E-state index contributed by atoms with van der Waals surface area (Å²) in [5.41, 5.74) is 1.03. The van der Waals surface area contributed by atoms with E-state index in [1.807, 2.05) is 0 Å². The molecule has 2 aromatic carbocycles. The van der Waals surface area contributed by atoms with Crippen molar-refractivity contribution in [3.8, 4) is 17.2 Å². The SMILES string of the molecule is CCCCOc1ccc(C2C(=C(O)c3cccc(OC)c3)C(=O)C(=O)N2CCCOC)cc1OC. The number of carbonyl (C=O) groups is 2. The van der Waals surface area contributed by atoms with Crippen molar-refractivity contribution in [1.29, 1.82) is 0 Å². The number of aliphatic hydroxyl groups is 1. The normalized spacial score (nSPS) is 17.0. The van der Waals surface area contributed by atoms with Crippen LogP contribution in [0.15, 0.2) is 48.0 Å². The van der Waals surface area contributed by atoms with Gasteiger partial charge in [-0.05, 0) is 42.7 Å². The summed E-state index contributed by atoms with van der Waals surface area (Å²) < 4.78 is 21.8. The molecule has 1 heterocycles. The highest BCUT2D eigenvalue weighted by molar-refractivity contribution is 6.46. The van der Waals surface area contributed by atoms with Gasteiger partial charge in [-0.15, -0.1) is 0 Å². The van der Waals surface area contributed by atoms with Gasteiger partial charge in [0.1, 0.15) is 11.5 Å². The van der Waals surface area contributed by atoms with Crippen LogP contribution in [0.25, 0.3) is 5.76 Å². The van der Waals surface area contributed by atoms with Crippen LogP contribution in [0.1, 0.15) is 43.4 Å². The number of carbonyl (C=O) groups excluding carboxylic acids is 2. The molecule has 1 N–H and O–H groups in total. The summed E-state index contributed by atoms with van der Waals surface area (Å²) in [6, 6.07) is 11.3. The van der Waals surface area contributed by atoms with E-state index in [-0.39, 0.29) is 17.9 Å². The summed E-state index contributed by atoms with van der Waals surface area (Å²) in [6.07, 6.45) is 2.44. The van der Waals surface area contributed by atoms with Crippen molar-refractivity contribution in [2.75, 3.05) is 41.1 Å². The first kappa shape index (κ1) is 26.1. The molecule has 1 atom stereocenters.